The third kappa shape index (κ3) is 4.84. The van der Waals surface area contributed by atoms with Gasteiger partial charge in [-0.15, -0.1) is 0 Å². The summed E-state index contributed by atoms with van der Waals surface area (Å²) in [6.07, 6.45) is 0.399. The standard InChI is InChI=1S/C13H16O3/c1-2-12(14)8-13(15)10-16-9-11-6-4-3-5-7-11/h3-7H,2,8-10H2,1H3. The number of carbonyl (C=O) groups excluding carboxylic acids is 2. The minimum absolute atomic E-state index is 0.00864. The lowest BCUT2D eigenvalue weighted by Crippen LogP contribution is -2.13. The maximum absolute atomic E-state index is 11.3. The highest BCUT2D eigenvalue weighted by Gasteiger charge is 2.07. The lowest BCUT2D eigenvalue weighted by molar-refractivity contribution is -0.129. The molecule has 0 fully saturated rings. The van der Waals surface area contributed by atoms with E-state index in [-0.39, 0.29) is 24.6 Å². The van der Waals surface area contributed by atoms with E-state index in [1.54, 1.807) is 6.92 Å². The zero-order chi connectivity index (χ0) is 11.8. The molecule has 0 aliphatic carbocycles. The molecular formula is C13H16O3. The smallest absolute Gasteiger partial charge is 0.165 e. The van der Waals surface area contributed by atoms with Crippen molar-refractivity contribution in [3.8, 4) is 0 Å². The van der Waals surface area contributed by atoms with Crippen LogP contribution in [-0.2, 0) is 20.9 Å². The van der Waals surface area contributed by atoms with Gasteiger partial charge in [-0.3, -0.25) is 9.59 Å². The maximum Gasteiger partial charge on any atom is 0.165 e. The summed E-state index contributed by atoms with van der Waals surface area (Å²) in [6, 6.07) is 9.63. The molecule has 0 saturated carbocycles. The summed E-state index contributed by atoms with van der Waals surface area (Å²) in [4.78, 5) is 22.2. The van der Waals surface area contributed by atoms with Crippen molar-refractivity contribution in [2.45, 2.75) is 26.4 Å². The Morgan fingerprint density at radius 1 is 1.12 bits per heavy atom. The molecule has 1 aromatic rings. The number of rotatable bonds is 7. The minimum Gasteiger partial charge on any atom is -0.369 e. The summed E-state index contributed by atoms with van der Waals surface area (Å²) in [7, 11) is 0. The Labute approximate surface area is 95.4 Å². The van der Waals surface area contributed by atoms with Crippen LogP contribution in [0.5, 0.6) is 0 Å². The monoisotopic (exact) mass is 220 g/mol. The van der Waals surface area contributed by atoms with E-state index in [0.29, 0.717) is 13.0 Å². The van der Waals surface area contributed by atoms with Crippen LogP contribution in [-0.4, -0.2) is 18.2 Å². The van der Waals surface area contributed by atoms with Gasteiger partial charge in [-0.2, -0.15) is 0 Å². The van der Waals surface area contributed by atoms with Crippen molar-refractivity contribution in [2.24, 2.45) is 0 Å². The largest absolute Gasteiger partial charge is 0.369 e. The zero-order valence-corrected chi connectivity index (χ0v) is 9.44. The second kappa shape index (κ2) is 6.90. The first-order valence-corrected chi connectivity index (χ1v) is 5.37. The SMILES string of the molecule is CCC(=O)CC(=O)COCc1ccccc1. The van der Waals surface area contributed by atoms with Crippen molar-refractivity contribution in [1.29, 1.82) is 0 Å². The van der Waals surface area contributed by atoms with Crippen molar-refractivity contribution in [2.75, 3.05) is 6.61 Å². The summed E-state index contributed by atoms with van der Waals surface area (Å²) in [5, 5.41) is 0. The number of ketones is 2. The van der Waals surface area contributed by atoms with E-state index >= 15 is 0 Å². The van der Waals surface area contributed by atoms with Gasteiger partial charge < -0.3 is 4.74 Å². The molecule has 0 unspecified atom stereocenters. The fraction of sp³-hybridized carbons (Fsp3) is 0.385. The Balaban J connectivity index is 2.21. The summed E-state index contributed by atoms with van der Waals surface area (Å²) >= 11 is 0. The van der Waals surface area contributed by atoms with Gasteiger partial charge in [0.15, 0.2) is 5.78 Å². The molecule has 1 rings (SSSR count). The van der Waals surface area contributed by atoms with Crippen LogP contribution in [0, 0.1) is 0 Å². The molecule has 3 heteroatoms. The summed E-state index contributed by atoms with van der Waals surface area (Å²) in [5.74, 6) is -0.184. The summed E-state index contributed by atoms with van der Waals surface area (Å²) in [5.41, 5.74) is 1.03. The molecule has 0 saturated heterocycles. The zero-order valence-electron chi connectivity index (χ0n) is 9.44. The number of carbonyl (C=O) groups is 2. The van der Waals surface area contributed by atoms with Crippen LogP contribution in [0.1, 0.15) is 25.3 Å². The Kier molecular flexibility index (Phi) is 5.43. The second-order valence-electron chi connectivity index (χ2n) is 3.59. The van der Waals surface area contributed by atoms with E-state index in [1.807, 2.05) is 30.3 Å². The van der Waals surface area contributed by atoms with Crippen LogP contribution >= 0.6 is 0 Å². The normalized spacial score (nSPS) is 10.1. The Morgan fingerprint density at radius 2 is 1.81 bits per heavy atom. The quantitative estimate of drug-likeness (QED) is 0.661. The van der Waals surface area contributed by atoms with Gasteiger partial charge in [0.25, 0.3) is 0 Å². The van der Waals surface area contributed by atoms with Gasteiger partial charge in [0.2, 0.25) is 0 Å². The molecule has 0 amide bonds. The van der Waals surface area contributed by atoms with E-state index in [1.165, 1.54) is 0 Å². The molecule has 0 N–H and O–H groups in total. The first-order chi connectivity index (χ1) is 7.72. The fourth-order valence-corrected chi connectivity index (χ4v) is 1.25. The Hall–Kier alpha value is -1.48. The molecule has 0 aliphatic rings. The third-order valence-corrected chi connectivity index (χ3v) is 2.16. The number of hydrogen-bond acceptors (Lipinski definition) is 3. The number of Topliss-reactive ketones (excluding diaryl/α,β-unsaturated/α-hetero) is 2. The number of hydrogen-bond donors (Lipinski definition) is 0. The van der Waals surface area contributed by atoms with Gasteiger partial charge in [0.05, 0.1) is 13.0 Å². The molecule has 16 heavy (non-hydrogen) atoms. The number of benzene rings is 1. The average molecular weight is 220 g/mol. The van der Waals surface area contributed by atoms with Crippen LogP contribution in [0.25, 0.3) is 0 Å². The molecular weight excluding hydrogens is 204 g/mol. The van der Waals surface area contributed by atoms with Crippen LogP contribution in [0.3, 0.4) is 0 Å². The summed E-state index contributed by atoms with van der Waals surface area (Å²) < 4.78 is 5.23. The molecule has 1 aromatic carbocycles. The van der Waals surface area contributed by atoms with E-state index in [9.17, 15) is 9.59 Å². The maximum atomic E-state index is 11.3. The van der Waals surface area contributed by atoms with E-state index < -0.39 is 0 Å². The lowest BCUT2D eigenvalue weighted by Gasteiger charge is -2.03. The topological polar surface area (TPSA) is 43.4 Å². The predicted molar refractivity (Wildman–Crippen MR) is 61.0 cm³/mol. The molecule has 0 aliphatic heterocycles. The summed E-state index contributed by atoms with van der Waals surface area (Å²) in [6.45, 7) is 2.17. The van der Waals surface area contributed by atoms with Crippen molar-refractivity contribution in [3.63, 3.8) is 0 Å². The molecule has 0 radical (unpaired) electrons. The highest BCUT2D eigenvalue weighted by molar-refractivity contribution is 5.99. The van der Waals surface area contributed by atoms with Gasteiger partial charge >= 0.3 is 0 Å². The Morgan fingerprint density at radius 3 is 2.44 bits per heavy atom. The van der Waals surface area contributed by atoms with E-state index in [0.717, 1.165) is 5.56 Å². The highest BCUT2D eigenvalue weighted by Crippen LogP contribution is 2.01. The fourth-order valence-electron chi connectivity index (χ4n) is 1.25. The van der Waals surface area contributed by atoms with E-state index in [2.05, 4.69) is 0 Å². The lowest BCUT2D eigenvalue weighted by atomic mass is 10.2. The van der Waals surface area contributed by atoms with Crippen molar-refractivity contribution in [1.82, 2.24) is 0 Å². The minimum atomic E-state index is -0.150. The van der Waals surface area contributed by atoms with Crippen molar-refractivity contribution < 1.29 is 14.3 Å². The molecule has 0 bridgehead atoms. The van der Waals surface area contributed by atoms with Gasteiger partial charge in [-0.05, 0) is 5.56 Å². The van der Waals surface area contributed by atoms with Gasteiger partial charge in [0.1, 0.15) is 12.4 Å². The molecule has 0 heterocycles. The van der Waals surface area contributed by atoms with Crippen molar-refractivity contribution >= 4 is 11.6 Å². The van der Waals surface area contributed by atoms with Crippen LogP contribution < -0.4 is 0 Å². The van der Waals surface area contributed by atoms with Crippen LogP contribution in [0.15, 0.2) is 30.3 Å². The molecule has 0 atom stereocenters. The first-order valence-electron chi connectivity index (χ1n) is 5.37. The van der Waals surface area contributed by atoms with Gasteiger partial charge in [-0.25, -0.2) is 0 Å². The van der Waals surface area contributed by atoms with Crippen LogP contribution in [0.4, 0.5) is 0 Å². The highest BCUT2D eigenvalue weighted by atomic mass is 16.5. The Bertz CT molecular complexity index is 343. The molecule has 86 valence electrons. The third-order valence-electron chi connectivity index (χ3n) is 2.16. The predicted octanol–water partition coefficient (Wildman–Crippen LogP) is 2.14. The van der Waals surface area contributed by atoms with Gasteiger partial charge in [-0.1, -0.05) is 37.3 Å². The average Bonchev–Trinajstić information content (AvgIpc) is 2.30. The first kappa shape index (κ1) is 12.6. The van der Waals surface area contributed by atoms with Gasteiger partial charge in [0, 0.05) is 6.42 Å². The van der Waals surface area contributed by atoms with Crippen molar-refractivity contribution in [3.05, 3.63) is 35.9 Å². The molecule has 0 aromatic heterocycles. The second-order valence-corrected chi connectivity index (χ2v) is 3.59. The molecule has 3 nitrogen and oxygen atoms in total. The van der Waals surface area contributed by atoms with E-state index in [4.69, 9.17) is 4.74 Å². The van der Waals surface area contributed by atoms with Crippen LogP contribution in [0.2, 0.25) is 0 Å². The number of ether oxygens (including phenoxy) is 1. The molecule has 0 spiro atoms.